The number of halogens is 1. The quantitative estimate of drug-likeness (QED) is 0.810. The molecule has 0 aliphatic carbocycles. The molecule has 1 fully saturated rings. The lowest BCUT2D eigenvalue weighted by molar-refractivity contribution is 0.0920. The fourth-order valence-electron chi connectivity index (χ4n) is 3.20. The fraction of sp³-hybridized carbons (Fsp3) is 0.316. The van der Waals surface area contributed by atoms with Crippen molar-refractivity contribution in [3.8, 4) is 0 Å². The summed E-state index contributed by atoms with van der Waals surface area (Å²) in [4.78, 5) is 33.1. The van der Waals surface area contributed by atoms with Gasteiger partial charge in [0.25, 0.3) is 5.91 Å². The molecule has 2 amide bonds. The molecule has 3 heterocycles. The van der Waals surface area contributed by atoms with Crippen LogP contribution in [0.15, 0.2) is 41.4 Å². The minimum atomic E-state index is -0.415. The van der Waals surface area contributed by atoms with Crippen LogP contribution in [0.25, 0.3) is 0 Å². The normalized spacial score (nSPS) is 19.0. The molecule has 4 rings (SSSR count). The number of nitrogens with one attached hydrogen (secondary N) is 1. The number of hydrogen-bond donors (Lipinski definition) is 1. The minimum Gasteiger partial charge on any atom is -0.442 e. The first-order chi connectivity index (χ1) is 13.5. The van der Waals surface area contributed by atoms with Crippen LogP contribution in [-0.2, 0) is 4.74 Å². The predicted molar refractivity (Wildman–Crippen MR) is 110 cm³/mol. The van der Waals surface area contributed by atoms with Gasteiger partial charge in [0, 0.05) is 24.8 Å². The van der Waals surface area contributed by atoms with E-state index in [1.165, 1.54) is 11.3 Å². The Kier molecular flexibility index (Phi) is 5.23. The van der Waals surface area contributed by atoms with Gasteiger partial charge >= 0.3 is 6.09 Å². The predicted octanol–water partition coefficient (Wildman–Crippen LogP) is 2.85. The zero-order valence-corrected chi connectivity index (χ0v) is 16.8. The molecule has 0 unspecified atom stereocenters. The second-order valence-corrected chi connectivity index (χ2v) is 8.32. The monoisotopic (exact) mass is 418 g/mol. The van der Waals surface area contributed by atoms with Gasteiger partial charge in [0.1, 0.15) is 11.9 Å². The molecule has 1 aromatic carbocycles. The van der Waals surface area contributed by atoms with Crippen molar-refractivity contribution in [1.29, 1.82) is 0 Å². The Morgan fingerprint density at radius 1 is 1.32 bits per heavy atom. The summed E-state index contributed by atoms with van der Waals surface area (Å²) < 4.78 is 5.94. The Balaban J connectivity index is 1.36. The van der Waals surface area contributed by atoms with Crippen molar-refractivity contribution < 1.29 is 14.3 Å². The topological polar surface area (TPSA) is 74.2 Å². The molecular weight excluding hydrogens is 400 g/mol. The molecule has 0 saturated carbocycles. The van der Waals surface area contributed by atoms with Crippen molar-refractivity contribution in [3.63, 3.8) is 0 Å². The van der Waals surface area contributed by atoms with E-state index >= 15 is 0 Å². The van der Waals surface area contributed by atoms with Gasteiger partial charge in [-0.25, -0.2) is 4.79 Å². The molecule has 9 heteroatoms. The Morgan fingerprint density at radius 3 is 2.75 bits per heavy atom. The van der Waals surface area contributed by atoms with E-state index in [4.69, 9.17) is 16.3 Å². The molecule has 1 aromatic heterocycles. The molecule has 0 bridgehead atoms. The number of carbonyl (C=O) groups excluding carboxylic acids is 2. The van der Waals surface area contributed by atoms with Crippen LogP contribution in [0.4, 0.5) is 10.5 Å². The Bertz CT molecular complexity index is 928. The molecule has 0 spiro atoms. The highest BCUT2D eigenvalue weighted by Crippen LogP contribution is 2.24. The van der Waals surface area contributed by atoms with Gasteiger partial charge in [-0.3, -0.25) is 14.7 Å². The SMILES string of the molecule is CN1CCN=C1c1ccc(N2C[C@H](CNC(=O)c3ccc(Cl)s3)OC2=O)cc1. The number of amidine groups is 1. The van der Waals surface area contributed by atoms with Gasteiger partial charge in [-0.15, -0.1) is 11.3 Å². The second kappa shape index (κ2) is 7.81. The maximum absolute atomic E-state index is 12.2. The van der Waals surface area contributed by atoms with Crippen molar-refractivity contribution in [1.82, 2.24) is 10.2 Å². The standard InChI is InChI=1S/C19H19ClN4O3S/c1-23-9-8-21-17(23)12-2-4-13(5-3-12)24-11-14(27-19(24)26)10-22-18(25)15-6-7-16(20)28-15/h2-7,14H,8-11H2,1H3,(H,22,25)/t14-/m0/s1. The zero-order valence-electron chi connectivity index (χ0n) is 15.2. The van der Waals surface area contributed by atoms with Gasteiger partial charge in [-0.2, -0.15) is 0 Å². The lowest BCUT2D eigenvalue weighted by Gasteiger charge is -2.16. The summed E-state index contributed by atoms with van der Waals surface area (Å²) in [6, 6.07) is 11.0. The number of hydrogen-bond acceptors (Lipinski definition) is 6. The number of ether oxygens (including phenoxy) is 1. The molecule has 2 aromatic rings. The summed E-state index contributed by atoms with van der Waals surface area (Å²) in [5, 5.41) is 2.79. The molecule has 2 aliphatic rings. The average molecular weight is 419 g/mol. The van der Waals surface area contributed by atoms with Crippen LogP contribution in [0, 0.1) is 0 Å². The molecule has 28 heavy (non-hydrogen) atoms. The number of likely N-dealkylation sites (N-methyl/N-ethyl adjacent to an activating group) is 1. The van der Waals surface area contributed by atoms with Crippen LogP contribution in [0.3, 0.4) is 0 Å². The zero-order chi connectivity index (χ0) is 19.7. The van der Waals surface area contributed by atoms with Gasteiger partial charge in [-0.1, -0.05) is 11.6 Å². The maximum atomic E-state index is 12.2. The average Bonchev–Trinajstić information content (AvgIpc) is 3.40. The Morgan fingerprint density at radius 2 is 2.11 bits per heavy atom. The lowest BCUT2D eigenvalue weighted by Crippen LogP contribution is -2.34. The van der Waals surface area contributed by atoms with Crippen LogP contribution >= 0.6 is 22.9 Å². The molecule has 1 N–H and O–H groups in total. The number of amides is 2. The van der Waals surface area contributed by atoms with Gasteiger partial charge in [-0.05, 0) is 36.4 Å². The third-order valence-corrected chi connectivity index (χ3v) is 5.89. The summed E-state index contributed by atoms with van der Waals surface area (Å²) in [5.41, 5.74) is 1.78. The van der Waals surface area contributed by atoms with E-state index in [2.05, 4.69) is 15.2 Å². The fourth-order valence-corrected chi connectivity index (χ4v) is 4.16. The third kappa shape index (κ3) is 3.83. The van der Waals surface area contributed by atoms with E-state index in [0.29, 0.717) is 15.8 Å². The number of thiophene rings is 1. The summed E-state index contributed by atoms with van der Waals surface area (Å²) in [6.07, 6.45) is -0.821. The van der Waals surface area contributed by atoms with Crippen molar-refractivity contribution in [2.75, 3.05) is 38.1 Å². The first-order valence-electron chi connectivity index (χ1n) is 8.89. The summed E-state index contributed by atoms with van der Waals surface area (Å²) in [6.45, 7) is 2.35. The Labute approximate surface area is 171 Å². The molecule has 0 radical (unpaired) electrons. The molecular formula is C19H19ClN4O3S. The molecule has 1 saturated heterocycles. The van der Waals surface area contributed by atoms with E-state index < -0.39 is 12.2 Å². The first kappa shape index (κ1) is 18.8. The van der Waals surface area contributed by atoms with Crippen molar-refractivity contribution in [3.05, 3.63) is 51.2 Å². The lowest BCUT2D eigenvalue weighted by atomic mass is 10.1. The van der Waals surface area contributed by atoms with Crippen LogP contribution in [0.2, 0.25) is 4.34 Å². The maximum Gasteiger partial charge on any atom is 0.414 e. The highest BCUT2D eigenvalue weighted by Gasteiger charge is 2.32. The van der Waals surface area contributed by atoms with E-state index in [9.17, 15) is 9.59 Å². The van der Waals surface area contributed by atoms with Crippen LogP contribution in [0.1, 0.15) is 15.2 Å². The van der Waals surface area contributed by atoms with Gasteiger partial charge < -0.3 is 15.0 Å². The van der Waals surface area contributed by atoms with Gasteiger partial charge in [0.2, 0.25) is 0 Å². The van der Waals surface area contributed by atoms with Crippen molar-refractivity contribution in [2.45, 2.75) is 6.10 Å². The number of carbonyl (C=O) groups is 2. The molecule has 7 nitrogen and oxygen atoms in total. The van der Waals surface area contributed by atoms with Crippen molar-refractivity contribution >= 4 is 46.5 Å². The highest BCUT2D eigenvalue weighted by atomic mass is 35.5. The third-order valence-electron chi connectivity index (χ3n) is 4.66. The summed E-state index contributed by atoms with van der Waals surface area (Å²) in [5.74, 6) is 0.738. The number of aliphatic imine (C=N–C) groups is 1. The van der Waals surface area contributed by atoms with Crippen LogP contribution < -0.4 is 10.2 Å². The Hall–Kier alpha value is -2.58. The van der Waals surface area contributed by atoms with Crippen molar-refractivity contribution in [2.24, 2.45) is 4.99 Å². The number of cyclic esters (lactones) is 1. The molecule has 2 aliphatic heterocycles. The van der Waals surface area contributed by atoms with Gasteiger partial charge in [0.15, 0.2) is 0 Å². The molecule has 1 atom stereocenters. The number of benzene rings is 1. The summed E-state index contributed by atoms with van der Waals surface area (Å²) in [7, 11) is 2.01. The smallest absolute Gasteiger partial charge is 0.414 e. The number of anilines is 1. The highest BCUT2D eigenvalue weighted by molar-refractivity contribution is 7.18. The van der Waals surface area contributed by atoms with E-state index in [0.717, 1.165) is 30.2 Å². The number of nitrogens with zero attached hydrogens (tertiary/aromatic N) is 3. The largest absolute Gasteiger partial charge is 0.442 e. The van der Waals surface area contributed by atoms with Crippen LogP contribution in [0.5, 0.6) is 0 Å². The van der Waals surface area contributed by atoms with E-state index in [1.54, 1.807) is 17.0 Å². The molecule has 146 valence electrons. The second-order valence-electron chi connectivity index (χ2n) is 6.60. The minimum absolute atomic E-state index is 0.225. The number of rotatable bonds is 5. The first-order valence-corrected chi connectivity index (χ1v) is 10.1. The van der Waals surface area contributed by atoms with E-state index in [1.807, 2.05) is 31.3 Å². The summed E-state index contributed by atoms with van der Waals surface area (Å²) >= 11 is 7.06. The van der Waals surface area contributed by atoms with E-state index in [-0.39, 0.29) is 12.5 Å². The van der Waals surface area contributed by atoms with Crippen LogP contribution in [-0.4, -0.2) is 62.1 Å². The van der Waals surface area contributed by atoms with Gasteiger partial charge in [0.05, 0.1) is 28.8 Å².